The van der Waals surface area contributed by atoms with Crippen LogP contribution in [0.2, 0.25) is 5.02 Å². The predicted octanol–water partition coefficient (Wildman–Crippen LogP) is 2.52. The summed E-state index contributed by atoms with van der Waals surface area (Å²) in [7, 11) is 0. The van der Waals surface area contributed by atoms with Crippen LogP contribution in [0.3, 0.4) is 0 Å². The molecular formula is C17H20ClN3O3. The molecular weight excluding hydrogens is 330 g/mol. The summed E-state index contributed by atoms with van der Waals surface area (Å²) in [5.74, 6) is 2.78. The van der Waals surface area contributed by atoms with Gasteiger partial charge in [0, 0.05) is 37.5 Å². The fourth-order valence-corrected chi connectivity index (χ4v) is 3.64. The molecule has 0 amide bonds. The van der Waals surface area contributed by atoms with Gasteiger partial charge in [-0.1, -0.05) is 11.6 Å². The second-order valence-corrected chi connectivity index (χ2v) is 6.80. The monoisotopic (exact) mass is 349 g/mol. The quantitative estimate of drug-likeness (QED) is 0.826. The number of ether oxygens (including phenoxy) is 2. The van der Waals surface area contributed by atoms with Crippen molar-refractivity contribution >= 4 is 11.6 Å². The van der Waals surface area contributed by atoms with Crippen LogP contribution in [0, 0.1) is 12.8 Å². The summed E-state index contributed by atoms with van der Waals surface area (Å²) < 4.78 is 17.3. The molecule has 3 heterocycles. The highest BCUT2D eigenvalue weighted by atomic mass is 35.5. The zero-order chi connectivity index (χ0) is 16.5. The Morgan fingerprint density at radius 1 is 1.25 bits per heavy atom. The van der Waals surface area contributed by atoms with Crippen LogP contribution in [0.1, 0.15) is 17.7 Å². The van der Waals surface area contributed by atoms with E-state index in [4.69, 9.17) is 25.5 Å². The maximum Gasteiger partial charge on any atom is 0.222 e. The molecule has 128 valence electrons. The third kappa shape index (κ3) is 3.27. The van der Waals surface area contributed by atoms with Gasteiger partial charge in [0.05, 0.1) is 18.6 Å². The first-order chi connectivity index (χ1) is 11.7. The highest BCUT2D eigenvalue weighted by Crippen LogP contribution is 2.39. The van der Waals surface area contributed by atoms with Gasteiger partial charge in [-0.3, -0.25) is 4.90 Å². The maximum absolute atomic E-state index is 5.94. The molecule has 0 N–H and O–H groups in total. The fraction of sp³-hybridized carbons (Fsp3) is 0.529. The molecule has 0 aliphatic carbocycles. The molecule has 7 heteroatoms. The zero-order valence-electron chi connectivity index (χ0n) is 13.5. The van der Waals surface area contributed by atoms with E-state index in [1.54, 1.807) is 0 Å². The molecule has 0 unspecified atom stereocenters. The Hall–Kier alpha value is -1.63. The smallest absolute Gasteiger partial charge is 0.222 e. The number of likely N-dealkylation sites (tertiary alicyclic amines) is 1. The van der Waals surface area contributed by atoms with Crippen LogP contribution in [-0.4, -0.2) is 54.0 Å². The Morgan fingerprint density at radius 2 is 2.08 bits per heavy atom. The number of rotatable bonds is 5. The second kappa shape index (κ2) is 6.70. The van der Waals surface area contributed by atoms with Gasteiger partial charge in [0.2, 0.25) is 11.8 Å². The minimum Gasteiger partial charge on any atom is -0.492 e. The molecule has 0 bridgehead atoms. The molecule has 2 fully saturated rings. The Kier molecular flexibility index (Phi) is 4.43. The van der Waals surface area contributed by atoms with Crippen molar-refractivity contribution in [3.05, 3.63) is 41.1 Å². The van der Waals surface area contributed by atoms with E-state index in [1.807, 2.05) is 31.2 Å². The SMILES string of the molecule is Cc1nnc([C@H]2CO[C@@H]3CN(CCOc4ccc(Cl)cc4)C[C@H]23)o1. The Labute approximate surface area is 145 Å². The Balaban J connectivity index is 1.29. The van der Waals surface area contributed by atoms with Crippen LogP contribution >= 0.6 is 11.6 Å². The number of aryl methyl sites for hydroxylation is 1. The summed E-state index contributed by atoms with van der Waals surface area (Å²) in [5.41, 5.74) is 0. The highest BCUT2D eigenvalue weighted by molar-refractivity contribution is 6.30. The molecule has 6 nitrogen and oxygen atoms in total. The van der Waals surface area contributed by atoms with Gasteiger partial charge in [0.15, 0.2) is 0 Å². The standard InChI is InChI=1S/C17H20ClN3O3/c1-11-19-20-17(24-11)15-10-23-16-9-21(8-14(15)16)6-7-22-13-4-2-12(18)3-5-13/h2-5,14-16H,6-10H2,1H3/t14-,15+,16-/m1/s1. The number of nitrogens with zero attached hydrogens (tertiary/aromatic N) is 3. The lowest BCUT2D eigenvalue weighted by molar-refractivity contribution is 0.0945. The molecule has 1 aromatic heterocycles. The molecule has 0 spiro atoms. The number of halogens is 1. The van der Waals surface area contributed by atoms with E-state index in [-0.39, 0.29) is 12.0 Å². The van der Waals surface area contributed by atoms with Crippen LogP contribution < -0.4 is 4.74 Å². The average Bonchev–Trinajstić information content (AvgIpc) is 3.25. The summed E-state index contributed by atoms with van der Waals surface area (Å²) >= 11 is 5.87. The van der Waals surface area contributed by atoms with Gasteiger partial charge in [-0.25, -0.2) is 0 Å². The fourth-order valence-electron chi connectivity index (χ4n) is 3.52. The number of fused-ring (bicyclic) bond motifs is 1. The van der Waals surface area contributed by atoms with E-state index in [0.29, 0.717) is 35.9 Å². The summed E-state index contributed by atoms with van der Waals surface area (Å²) in [6.07, 6.45) is 0.248. The van der Waals surface area contributed by atoms with Crippen molar-refractivity contribution in [2.75, 3.05) is 32.8 Å². The normalized spacial score (nSPS) is 26.7. The molecule has 1 aromatic carbocycles. The number of benzene rings is 1. The van der Waals surface area contributed by atoms with Crippen molar-refractivity contribution in [2.45, 2.75) is 18.9 Å². The van der Waals surface area contributed by atoms with Crippen molar-refractivity contribution in [2.24, 2.45) is 5.92 Å². The third-order valence-electron chi connectivity index (χ3n) is 4.74. The molecule has 4 rings (SSSR count). The van der Waals surface area contributed by atoms with Gasteiger partial charge >= 0.3 is 0 Å². The van der Waals surface area contributed by atoms with E-state index in [2.05, 4.69) is 15.1 Å². The first-order valence-electron chi connectivity index (χ1n) is 8.21. The maximum atomic E-state index is 5.94. The van der Waals surface area contributed by atoms with E-state index < -0.39 is 0 Å². The van der Waals surface area contributed by atoms with Gasteiger partial charge in [-0.05, 0) is 24.3 Å². The van der Waals surface area contributed by atoms with E-state index in [1.165, 1.54) is 0 Å². The van der Waals surface area contributed by atoms with Gasteiger partial charge < -0.3 is 13.9 Å². The largest absolute Gasteiger partial charge is 0.492 e. The number of hydrogen-bond donors (Lipinski definition) is 0. The number of hydrogen-bond acceptors (Lipinski definition) is 6. The van der Waals surface area contributed by atoms with Crippen molar-refractivity contribution in [1.29, 1.82) is 0 Å². The van der Waals surface area contributed by atoms with Gasteiger partial charge in [-0.2, -0.15) is 0 Å². The summed E-state index contributed by atoms with van der Waals surface area (Å²) in [6, 6.07) is 7.44. The van der Waals surface area contributed by atoms with Gasteiger partial charge in [0.25, 0.3) is 0 Å². The molecule has 24 heavy (non-hydrogen) atoms. The van der Waals surface area contributed by atoms with Crippen molar-refractivity contribution in [3.8, 4) is 5.75 Å². The van der Waals surface area contributed by atoms with Crippen LogP contribution in [0.25, 0.3) is 0 Å². The molecule has 2 saturated heterocycles. The van der Waals surface area contributed by atoms with Gasteiger partial charge in [0.1, 0.15) is 12.4 Å². The van der Waals surface area contributed by atoms with Crippen LogP contribution in [0.5, 0.6) is 5.75 Å². The first kappa shape index (κ1) is 15.9. The van der Waals surface area contributed by atoms with Crippen LogP contribution in [-0.2, 0) is 4.74 Å². The first-order valence-corrected chi connectivity index (χ1v) is 8.59. The van der Waals surface area contributed by atoms with E-state index in [9.17, 15) is 0 Å². The second-order valence-electron chi connectivity index (χ2n) is 6.36. The highest BCUT2D eigenvalue weighted by Gasteiger charge is 2.46. The van der Waals surface area contributed by atoms with Crippen molar-refractivity contribution in [3.63, 3.8) is 0 Å². The topological polar surface area (TPSA) is 60.6 Å². The Bertz CT molecular complexity index is 691. The van der Waals surface area contributed by atoms with Gasteiger partial charge in [-0.15, -0.1) is 10.2 Å². The number of aromatic nitrogens is 2. The molecule has 0 radical (unpaired) electrons. The predicted molar refractivity (Wildman–Crippen MR) is 88.4 cm³/mol. The zero-order valence-corrected chi connectivity index (χ0v) is 14.3. The van der Waals surface area contributed by atoms with E-state index >= 15 is 0 Å². The molecule has 2 aromatic rings. The average molecular weight is 350 g/mol. The minimum atomic E-state index is 0.207. The van der Waals surface area contributed by atoms with Crippen molar-refractivity contribution in [1.82, 2.24) is 15.1 Å². The molecule has 3 atom stereocenters. The summed E-state index contributed by atoms with van der Waals surface area (Å²) in [4.78, 5) is 2.38. The lowest BCUT2D eigenvalue weighted by Crippen LogP contribution is -2.28. The van der Waals surface area contributed by atoms with Crippen LogP contribution in [0.15, 0.2) is 28.7 Å². The molecule has 2 aliphatic heterocycles. The van der Waals surface area contributed by atoms with E-state index in [0.717, 1.165) is 25.4 Å². The summed E-state index contributed by atoms with van der Waals surface area (Å²) in [5, 5.41) is 8.83. The molecule has 2 aliphatic rings. The Morgan fingerprint density at radius 3 is 2.83 bits per heavy atom. The van der Waals surface area contributed by atoms with Crippen molar-refractivity contribution < 1.29 is 13.9 Å². The lowest BCUT2D eigenvalue weighted by atomic mass is 9.93. The van der Waals surface area contributed by atoms with Crippen LogP contribution in [0.4, 0.5) is 0 Å². The minimum absolute atomic E-state index is 0.207. The lowest BCUT2D eigenvalue weighted by Gasteiger charge is -2.18. The molecule has 0 saturated carbocycles. The third-order valence-corrected chi connectivity index (χ3v) is 4.99. The summed E-state index contributed by atoms with van der Waals surface area (Å²) in [6.45, 7) is 5.91.